The lowest BCUT2D eigenvalue weighted by molar-refractivity contribution is 1.11. The lowest BCUT2D eigenvalue weighted by Gasteiger charge is -2.04. The molecule has 60 valence electrons. The molecule has 0 saturated heterocycles. The molecule has 1 aromatic rings. The number of aryl methyl sites for hydroxylation is 1. The molecule has 0 unspecified atom stereocenters. The van der Waals surface area contributed by atoms with Crippen LogP contribution in [-0.2, 0) is 0 Å². The highest BCUT2D eigenvalue weighted by molar-refractivity contribution is 5.62. The van der Waals surface area contributed by atoms with Gasteiger partial charge in [-0.1, -0.05) is 0 Å². The molecule has 0 bridgehead atoms. The lowest BCUT2D eigenvalue weighted by atomic mass is 10.3. The van der Waals surface area contributed by atoms with Crippen LogP contribution in [-0.4, -0.2) is 17.0 Å². The van der Waals surface area contributed by atoms with Crippen molar-refractivity contribution in [3.63, 3.8) is 0 Å². The van der Waals surface area contributed by atoms with Crippen molar-refractivity contribution in [2.45, 2.75) is 6.92 Å². The Morgan fingerprint density at radius 1 is 1.27 bits per heavy atom. The van der Waals surface area contributed by atoms with Crippen molar-refractivity contribution < 1.29 is 0 Å². The van der Waals surface area contributed by atoms with Gasteiger partial charge >= 0.3 is 0 Å². The Bertz CT molecular complexity index is 247. The van der Waals surface area contributed by atoms with Crippen molar-refractivity contribution in [3.05, 3.63) is 5.69 Å². The molecule has 0 fully saturated rings. The average Bonchev–Trinajstić information content (AvgIpc) is 1.99. The number of rotatable bonds is 1. The van der Waals surface area contributed by atoms with Gasteiger partial charge in [0.15, 0.2) is 5.82 Å². The van der Waals surface area contributed by atoms with E-state index in [9.17, 15) is 0 Å². The molecule has 0 spiro atoms. The summed E-state index contributed by atoms with van der Waals surface area (Å²) in [5, 5.41) is 2.78. The number of hydrogen-bond acceptors (Lipinski definition) is 5. The summed E-state index contributed by atoms with van der Waals surface area (Å²) in [6.07, 6.45) is 0. The second-order valence-corrected chi connectivity index (χ2v) is 2.18. The first-order chi connectivity index (χ1) is 5.15. The number of hydrogen-bond donors (Lipinski definition) is 3. The molecule has 0 aliphatic heterocycles. The van der Waals surface area contributed by atoms with E-state index in [2.05, 4.69) is 15.3 Å². The molecule has 1 aromatic heterocycles. The van der Waals surface area contributed by atoms with Crippen LogP contribution >= 0.6 is 0 Å². The van der Waals surface area contributed by atoms with Crippen molar-refractivity contribution >= 4 is 17.5 Å². The maximum absolute atomic E-state index is 5.53. The van der Waals surface area contributed by atoms with Gasteiger partial charge in [0.1, 0.15) is 0 Å². The normalized spacial score (nSPS) is 9.64. The fourth-order valence-corrected chi connectivity index (χ4v) is 0.716. The van der Waals surface area contributed by atoms with Crippen LogP contribution in [0.25, 0.3) is 0 Å². The Hall–Kier alpha value is -1.52. The average molecular weight is 153 g/mol. The lowest BCUT2D eigenvalue weighted by Crippen LogP contribution is -2.06. The van der Waals surface area contributed by atoms with E-state index in [-0.39, 0.29) is 0 Å². The van der Waals surface area contributed by atoms with Crippen molar-refractivity contribution in [2.24, 2.45) is 0 Å². The molecule has 11 heavy (non-hydrogen) atoms. The third-order valence-corrected chi connectivity index (χ3v) is 1.39. The van der Waals surface area contributed by atoms with Crippen molar-refractivity contribution in [3.8, 4) is 0 Å². The first-order valence-electron chi connectivity index (χ1n) is 3.22. The Labute approximate surface area is 64.8 Å². The van der Waals surface area contributed by atoms with Crippen LogP contribution in [0.2, 0.25) is 0 Å². The quantitative estimate of drug-likeness (QED) is 0.528. The highest BCUT2D eigenvalue weighted by atomic mass is 15.1. The summed E-state index contributed by atoms with van der Waals surface area (Å²) in [6.45, 7) is 1.79. The molecule has 0 aliphatic carbocycles. The molecular formula is C6H11N5. The minimum absolute atomic E-state index is 0.321. The molecule has 0 aromatic carbocycles. The van der Waals surface area contributed by atoms with Gasteiger partial charge in [0, 0.05) is 7.05 Å². The predicted octanol–water partition coefficient (Wildman–Crippen LogP) is -0.00888. The zero-order valence-corrected chi connectivity index (χ0v) is 6.55. The molecule has 0 aliphatic rings. The van der Waals surface area contributed by atoms with Crippen molar-refractivity contribution in [1.29, 1.82) is 0 Å². The van der Waals surface area contributed by atoms with Crippen LogP contribution in [0.15, 0.2) is 0 Å². The van der Waals surface area contributed by atoms with E-state index < -0.39 is 0 Å². The van der Waals surface area contributed by atoms with Gasteiger partial charge in [-0.3, -0.25) is 0 Å². The predicted molar refractivity (Wildman–Crippen MR) is 45.1 cm³/mol. The molecule has 0 atom stereocenters. The highest BCUT2D eigenvalue weighted by Crippen LogP contribution is 2.16. The Balaban J connectivity index is 3.21. The van der Waals surface area contributed by atoms with E-state index in [4.69, 9.17) is 11.5 Å². The van der Waals surface area contributed by atoms with E-state index in [0.29, 0.717) is 23.1 Å². The molecule has 5 N–H and O–H groups in total. The first kappa shape index (κ1) is 7.59. The summed E-state index contributed by atoms with van der Waals surface area (Å²) < 4.78 is 0. The first-order valence-corrected chi connectivity index (χ1v) is 3.22. The third kappa shape index (κ3) is 1.31. The van der Waals surface area contributed by atoms with Gasteiger partial charge in [0.2, 0.25) is 5.95 Å². The van der Waals surface area contributed by atoms with E-state index >= 15 is 0 Å². The van der Waals surface area contributed by atoms with Gasteiger partial charge in [-0.05, 0) is 6.92 Å². The van der Waals surface area contributed by atoms with Gasteiger partial charge < -0.3 is 16.8 Å². The molecule has 0 amide bonds. The number of nitrogens with zero attached hydrogens (tertiary/aromatic N) is 2. The fraction of sp³-hybridized carbons (Fsp3) is 0.333. The van der Waals surface area contributed by atoms with Crippen LogP contribution in [0.1, 0.15) is 5.69 Å². The molecule has 0 radical (unpaired) electrons. The van der Waals surface area contributed by atoms with E-state index in [0.717, 1.165) is 0 Å². The standard InChI is InChI=1S/C6H11N5/c1-3-4(7)5(8)11-6(9-2)10-3/h7H2,1-2H3,(H3,8,9,10,11). The third-order valence-electron chi connectivity index (χ3n) is 1.39. The summed E-state index contributed by atoms with van der Waals surface area (Å²) in [6, 6.07) is 0. The molecule has 5 heteroatoms. The number of nitrogen functional groups attached to an aromatic ring is 2. The van der Waals surface area contributed by atoms with E-state index in [1.54, 1.807) is 14.0 Å². The van der Waals surface area contributed by atoms with E-state index in [1.807, 2.05) is 0 Å². The molecule has 1 rings (SSSR count). The van der Waals surface area contributed by atoms with Crippen molar-refractivity contribution in [2.75, 3.05) is 23.8 Å². The van der Waals surface area contributed by atoms with Crippen LogP contribution in [0.5, 0.6) is 0 Å². The summed E-state index contributed by atoms with van der Waals surface area (Å²) in [4.78, 5) is 7.91. The molecule has 0 saturated carbocycles. The fourth-order valence-electron chi connectivity index (χ4n) is 0.716. The highest BCUT2D eigenvalue weighted by Gasteiger charge is 2.02. The summed E-state index contributed by atoms with van der Waals surface area (Å²) in [7, 11) is 1.73. The minimum Gasteiger partial charge on any atom is -0.394 e. The van der Waals surface area contributed by atoms with Crippen molar-refractivity contribution in [1.82, 2.24) is 9.97 Å². The second kappa shape index (κ2) is 2.61. The van der Waals surface area contributed by atoms with Crippen LogP contribution in [0, 0.1) is 6.92 Å². The van der Waals surface area contributed by atoms with Gasteiger partial charge in [-0.15, -0.1) is 0 Å². The zero-order chi connectivity index (χ0) is 8.43. The number of nitrogens with two attached hydrogens (primary N) is 2. The SMILES string of the molecule is CNc1nc(C)c(N)c(N)n1. The summed E-state index contributed by atoms with van der Waals surface area (Å²) >= 11 is 0. The Kier molecular flexibility index (Phi) is 1.80. The van der Waals surface area contributed by atoms with Gasteiger partial charge in [-0.2, -0.15) is 4.98 Å². The molecule has 1 heterocycles. The van der Waals surface area contributed by atoms with Gasteiger partial charge in [0.05, 0.1) is 11.4 Å². The smallest absolute Gasteiger partial charge is 0.224 e. The van der Waals surface area contributed by atoms with Crippen LogP contribution < -0.4 is 16.8 Å². The largest absolute Gasteiger partial charge is 0.394 e. The van der Waals surface area contributed by atoms with Crippen LogP contribution in [0.4, 0.5) is 17.5 Å². The Morgan fingerprint density at radius 3 is 2.36 bits per heavy atom. The molecule has 5 nitrogen and oxygen atoms in total. The monoisotopic (exact) mass is 153 g/mol. The van der Waals surface area contributed by atoms with Gasteiger partial charge in [0.25, 0.3) is 0 Å². The topological polar surface area (TPSA) is 89.8 Å². The maximum atomic E-state index is 5.53. The molecular weight excluding hydrogens is 142 g/mol. The number of aromatic nitrogens is 2. The summed E-state index contributed by atoms with van der Waals surface area (Å²) in [5.74, 6) is 0.816. The van der Waals surface area contributed by atoms with Gasteiger partial charge in [-0.25, -0.2) is 4.98 Å². The summed E-state index contributed by atoms with van der Waals surface area (Å²) in [5.41, 5.74) is 12.2. The van der Waals surface area contributed by atoms with Crippen LogP contribution in [0.3, 0.4) is 0 Å². The second-order valence-electron chi connectivity index (χ2n) is 2.18. The van der Waals surface area contributed by atoms with E-state index in [1.165, 1.54) is 0 Å². The minimum atomic E-state index is 0.321. The Morgan fingerprint density at radius 2 is 1.91 bits per heavy atom. The number of nitrogens with one attached hydrogen (secondary N) is 1. The number of anilines is 3. The maximum Gasteiger partial charge on any atom is 0.224 e. The zero-order valence-electron chi connectivity index (χ0n) is 6.55.